The molecule has 0 bridgehead atoms. The number of halogens is 1. The van der Waals surface area contributed by atoms with E-state index in [1.807, 2.05) is 60.7 Å². The fourth-order valence-corrected chi connectivity index (χ4v) is 4.14. The zero-order valence-corrected chi connectivity index (χ0v) is 20.0. The van der Waals surface area contributed by atoms with Gasteiger partial charge in [0.2, 0.25) is 5.91 Å². The van der Waals surface area contributed by atoms with E-state index in [1.165, 1.54) is 0 Å². The average molecular weight is 506 g/mol. The molecule has 0 radical (unpaired) electrons. The molecule has 4 rings (SSSR count). The van der Waals surface area contributed by atoms with Gasteiger partial charge < -0.3 is 10.1 Å². The van der Waals surface area contributed by atoms with Crippen molar-refractivity contribution in [1.29, 1.82) is 0 Å². The minimum Gasteiger partial charge on any atom is -0.455 e. The Balaban J connectivity index is 1.35. The van der Waals surface area contributed by atoms with Gasteiger partial charge in [0.25, 0.3) is 11.8 Å². The summed E-state index contributed by atoms with van der Waals surface area (Å²) in [6.45, 7) is -0.572. The average Bonchev–Trinajstić information content (AvgIpc) is 3.25. The van der Waals surface area contributed by atoms with Gasteiger partial charge in [0.15, 0.2) is 6.61 Å². The predicted molar refractivity (Wildman–Crippen MR) is 134 cm³/mol. The molecule has 3 aromatic rings. The van der Waals surface area contributed by atoms with Gasteiger partial charge in [0, 0.05) is 6.42 Å². The van der Waals surface area contributed by atoms with Crippen LogP contribution >= 0.6 is 11.6 Å². The molecule has 0 aliphatic carbocycles. The smallest absolute Gasteiger partial charge is 0.311 e. The number of rotatable bonds is 8. The number of benzene rings is 3. The summed E-state index contributed by atoms with van der Waals surface area (Å²) in [6.07, 6.45) is -0.132. The molecule has 0 spiro atoms. The van der Waals surface area contributed by atoms with Gasteiger partial charge in [-0.15, -0.1) is 0 Å². The third kappa shape index (κ3) is 6.09. The van der Waals surface area contributed by atoms with Crippen LogP contribution in [0.2, 0.25) is 5.02 Å². The van der Waals surface area contributed by atoms with Crippen molar-refractivity contribution < 1.29 is 23.9 Å². The van der Waals surface area contributed by atoms with Gasteiger partial charge in [0.05, 0.1) is 29.1 Å². The molecular weight excluding hydrogens is 482 g/mol. The van der Waals surface area contributed by atoms with Crippen molar-refractivity contribution in [1.82, 2.24) is 10.4 Å². The number of hydrogen-bond acceptors (Lipinski definition) is 5. The van der Waals surface area contributed by atoms with Crippen LogP contribution in [0, 0.1) is 5.92 Å². The van der Waals surface area contributed by atoms with Gasteiger partial charge >= 0.3 is 5.97 Å². The molecule has 0 aromatic heterocycles. The Morgan fingerprint density at radius 2 is 1.50 bits per heavy atom. The van der Waals surface area contributed by atoms with Crippen molar-refractivity contribution in [2.75, 3.05) is 18.5 Å². The fraction of sp³-hybridized carbons (Fsp3) is 0.185. The van der Waals surface area contributed by atoms with Crippen LogP contribution < -0.4 is 10.7 Å². The Labute approximate surface area is 213 Å². The first kappa shape index (κ1) is 24.9. The van der Waals surface area contributed by atoms with E-state index in [-0.39, 0.29) is 13.0 Å². The number of hydrazine groups is 1. The molecule has 1 atom stereocenters. The lowest BCUT2D eigenvalue weighted by molar-refractivity contribution is -0.151. The van der Waals surface area contributed by atoms with Crippen molar-refractivity contribution >= 4 is 41.0 Å². The number of ether oxygens (including phenoxy) is 1. The summed E-state index contributed by atoms with van der Waals surface area (Å²) in [5.74, 6) is -3.51. The van der Waals surface area contributed by atoms with E-state index in [2.05, 4.69) is 10.7 Å². The number of esters is 1. The second-order valence-electron chi connectivity index (χ2n) is 8.27. The number of nitrogens with one attached hydrogen (secondary N) is 2. The molecule has 1 aliphatic rings. The van der Waals surface area contributed by atoms with Crippen molar-refractivity contribution in [3.8, 4) is 0 Å². The van der Waals surface area contributed by atoms with Gasteiger partial charge in [-0.1, -0.05) is 84.4 Å². The van der Waals surface area contributed by atoms with Gasteiger partial charge in [-0.2, -0.15) is 0 Å². The molecule has 9 heteroatoms. The summed E-state index contributed by atoms with van der Waals surface area (Å²) in [6, 6.07) is 25.1. The van der Waals surface area contributed by atoms with E-state index in [4.69, 9.17) is 16.3 Å². The lowest BCUT2D eigenvalue weighted by Crippen LogP contribution is -2.45. The van der Waals surface area contributed by atoms with E-state index in [0.717, 1.165) is 16.1 Å². The number of anilines is 1. The van der Waals surface area contributed by atoms with Crippen molar-refractivity contribution in [3.63, 3.8) is 0 Å². The summed E-state index contributed by atoms with van der Waals surface area (Å²) in [7, 11) is 0. The molecule has 1 heterocycles. The molecule has 1 saturated heterocycles. The summed E-state index contributed by atoms with van der Waals surface area (Å²) >= 11 is 6.01. The van der Waals surface area contributed by atoms with E-state index in [1.54, 1.807) is 24.3 Å². The van der Waals surface area contributed by atoms with Crippen LogP contribution in [0.1, 0.15) is 23.5 Å². The van der Waals surface area contributed by atoms with Gasteiger partial charge in [-0.05, 0) is 23.3 Å². The molecule has 3 amide bonds. The summed E-state index contributed by atoms with van der Waals surface area (Å²) in [4.78, 5) is 50.4. The molecule has 3 aromatic carbocycles. The Bertz CT molecular complexity index is 1210. The van der Waals surface area contributed by atoms with Crippen LogP contribution in [-0.4, -0.2) is 41.9 Å². The van der Waals surface area contributed by atoms with Gasteiger partial charge in [-0.25, -0.2) is 0 Å². The molecule has 1 aliphatic heterocycles. The van der Waals surface area contributed by atoms with Crippen LogP contribution in [-0.2, 0) is 23.9 Å². The van der Waals surface area contributed by atoms with E-state index < -0.39 is 42.1 Å². The Hall–Kier alpha value is -4.17. The lowest BCUT2D eigenvalue weighted by Gasteiger charge is -2.23. The summed E-state index contributed by atoms with van der Waals surface area (Å²) < 4.78 is 5.10. The molecule has 184 valence electrons. The van der Waals surface area contributed by atoms with Crippen molar-refractivity contribution in [3.05, 3.63) is 101 Å². The first-order chi connectivity index (χ1) is 17.4. The monoisotopic (exact) mass is 505 g/mol. The summed E-state index contributed by atoms with van der Waals surface area (Å²) in [5.41, 5.74) is 4.60. The van der Waals surface area contributed by atoms with Crippen LogP contribution in [0.3, 0.4) is 0 Å². The van der Waals surface area contributed by atoms with E-state index >= 15 is 0 Å². The lowest BCUT2D eigenvalue weighted by atomic mass is 9.91. The van der Waals surface area contributed by atoms with Crippen LogP contribution in [0.25, 0.3) is 0 Å². The quantitative estimate of drug-likeness (QED) is 0.456. The van der Waals surface area contributed by atoms with Crippen LogP contribution in [0.4, 0.5) is 5.69 Å². The zero-order valence-electron chi connectivity index (χ0n) is 19.2. The van der Waals surface area contributed by atoms with Crippen LogP contribution in [0.15, 0.2) is 84.9 Å². The second kappa shape index (κ2) is 11.5. The van der Waals surface area contributed by atoms with Gasteiger partial charge in [-0.3, -0.25) is 29.6 Å². The first-order valence-corrected chi connectivity index (χ1v) is 11.7. The Morgan fingerprint density at radius 3 is 2.11 bits per heavy atom. The number of para-hydroxylation sites is 1. The second-order valence-corrected chi connectivity index (χ2v) is 8.68. The highest BCUT2D eigenvalue weighted by molar-refractivity contribution is 6.33. The predicted octanol–water partition coefficient (Wildman–Crippen LogP) is 3.53. The standard InChI is InChI=1S/C27H24ClN3O5/c28-21-13-7-8-14-22(21)29-23(32)17-36-27(35)20-15-24(33)31(16-20)30-26(34)25(18-9-3-1-4-10-18)19-11-5-2-6-12-19/h1-14,20,25H,15-17H2,(H,29,32)(H,30,34)/t20-/m0/s1. The maximum Gasteiger partial charge on any atom is 0.311 e. The fourth-order valence-electron chi connectivity index (χ4n) is 3.96. The maximum atomic E-state index is 13.3. The highest BCUT2D eigenvalue weighted by atomic mass is 35.5. The van der Waals surface area contributed by atoms with Crippen molar-refractivity contribution in [2.45, 2.75) is 12.3 Å². The first-order valence-electron chi connectivity index (χ1n) is 11.3. The van der Waals surface area contributed by atoms with Gasteiger partial charge in [0.1, 0.15) is 0 Å². The molecule has 2 N–H and O–H groups in total. The van der Waals surface area contributed by atoms with Crippen molar-refractivity contribution in [2.24, 2.45) is 5.92 Å². The minimum absolute atomic E-state index is 0.0498. The molecule has 0 saturated carbocycles. The normalized spacial score (nSPS) is 15.0. The third-order valence-corrected chi connectivity index (χ3v) is 6.05. The molecule has 1 fully saturated rings. The molecular formula is C27H24ClN3O5. The zero-order chi connectivity index (χ0) is 25.5. The maximum absolute atomic E-state index is 13.3. The molecule has 8 nitrogen and oxygen atoms in total. The third-order valence-electron chi connectivity index (χ3n) is 5.72. The number of amides is 3. The Morgan fingerprint density at radius 1 is 0.917 bits per heavy atom. The highest BCUT2D eigenvalue weighted by Gasteiger charge is 2.37. The topological polar surface area (TPSA) is 105 Å². The summed E-state index contributed by atoms with van der Waals surface area (Å²) in [5, 5.41) is 4.05. The minimum atomic E-state index is -0.808. The molecule has 0 unspecified atom stereocenters. The SMILES string of the molecule is O=C(COC(=O)[C@H]1CC(=O)N(NC(=O)C(c2ccccc2)c2ccccc2)C1)Nc1ccccc1Cl. The molecule has 36 heavy (non-hydrogen) atoms. The number of carbonyl (C=O) groups is 4. The number of carbonyl (C=O) groups excluding carboxylic acids is 4. The van der Waals surface area contributed by atoms with Crippen LogP contribution in [0.5, 0.6) is 0 Å². The highest BCUT2D eigenvalue weighted by Crippen LogP contribution is 2.26. The number of hydrogen-bond donors (Lipinski definition) is 2. The van der Waals surface area contributed by atoms with E-state index in [9.17, 15) is 19.2 Å². The largest absolute Gasteiger partial charge is 0.455 e. The number of nitrogens with zero attached hydrogens (tertiary/aromatic N) is 1. The Kier molecular flexibility index (Phi) is 7.97. The van der Waals surface area contributed by atoms with E-state index in [0.29, 0.717) is 10.7 Å².